The van der Waals surface area contributed by atoms with E-state index in [4.69, 9.17) is 5.26 Å². The van der Waals surface area contributed by atoms with Gasteiger partial charge in [-0.25, -0.2) is 0 Å². The summed E-state index contributed by atoms with van der Waals surface area (Å²) in [4.78, 5) is 18.3. The topological polar surface area (TPSA) is 90.6 Å². The number of hydrogen-bond acceptors (Lipinski definition) is 5. The predicted octanol–water partition coefficient (Wildman–Crippen LogP) is 5.42. The molecule has 0 radical (unpaired) electrons. The molecule has 1 aliphatic rings. The lowest BCUT2D eigenvalue weighted by molar-refractivity contribution is -0.116. The molecule has 0 aliphatic heterocycles. The molecule has 1 saturated carbocycles. The van der Waals surface area contributed by atoms with Gasteiger partial charge in [-0.05, 0) is 56.0 Å². The fourth-order valence-corrected chi connectivity index (χ4v) is 5.02. The van der Waals surface area contributed by atoms with Crippen LogP contribution < -0.4 is 4.90 Å². The number of hydrogen-bond donors (Lipinski definition) is 1. The SMILES string of the molecule is Cc1ccc(N(CCC#N)C(=O)CSc2nnc(-c3c[nH]c4ccccc34)n2C2CC2)cc1C. The molecule has 2 heterocycles. The normalized spacial score (nSPS) is 13.2. The van der Waals surface area contributed by atoms with E-state index >= 15 is 0 Å². The van der Waals surface area contributed by atoms with Gasteiger partial charge < -0.3 is 9.88 Å². The highest BCUT2D eigenvalue weighted by Gasteiger charge is 2.31. The molecule has 7 nitrogen and oxygen atoms in total. The minimum Gasteiger partial charge on any atom is -0.360 e. The molecule has 0 atom stereocenters. The van der Waals surface area contributed by atoms with Gasteiger partial charge in [0.1, 0.15) is 0 Å². The predicted molar refractivity (Wildman–Crippen MR) is 135 cm³/mol. The number of nitrogens with one attached hydrogen (secondary N) is 1. The Kier molecular flexibility index (Phi) is 6.12. The summed E-state index contributed by atoms with van der Waals surface area (Å²) in [6.45, 7) is 4.45. The van der Waals surface area contributed by atoms with Crippen LogP contribution in [0.2, 0.25) is 0 Å². The molecule has 2 aromatic carbocycles. The van der Waals surface area contributed by atoms with Crippen molar-refractivity contribution in [2.24, 2.45) is 0 Å². The van der Waals surface area contributed by atoms with Crippen LogP contribution >= 0.6 is 11.8 Å². The van der Waals surface area contributed by atoms with Gasteiger partial charge in [0.2, 0.25) is 5.91 Å². The molecule has 0 spiro atoms. The number of H-pyrrole nitrogens is 1. The van der Waals surface area contributed by atoms with Crippen LogP contribution in [0.15, 0.2) is 53.8 Å². The second kappa shape index (κ2) is 9.35. The van der Waals surface area contributed by atoms with Gasteiger partial charge in [0.05, 0.1) is 18.2 Å². The smallest absolute Gasteiger partial charge is 0.237 e. The van der Waals surface area contributed by atoms with Crippen LogP contribution in [0.1, 0.15) is 36.4 Å². The molecule has 0 unspecified atom stereocenters. The number of thioether (sulfide) groups is 1. The van der Waals surface area contributed by atoms with Crippen LogP contribution in [-0.2, 0) is 4.79 Å². The van der Waals surface area contributed by atoms with Crippen molar-refractivity contribution in [3.8, 4) is 17.5 Å². The molecule has 0 saturated heterocycles. The van der Waals surface area contributed by atoms with Crippen molar-refractivity contribution in [2.75, 3.05) is 17.2 Å². The van der Waals surface area contributed by atoms with Gasteiger partial charge in [-0.15, -0.1) is 10.2 Å². The number of nitriles is 1. The van der Waals surface area contributed by atoms with E-state index in [9.17, 15) is 4.79 Å². The maximum Gasteiger partial charge on any atom is 0.237 e. The summed E-state index contributed by atoms with van der Waals surface area (Å²) in [7, 11) is 0. The monoisotopic (exact) mass is 470 g/mol. The molecule has 1 aliphatic carbocycles. The molecule has 5 rings (SSSR count). The Morgan fingerprint density at radius 3 is 2.79 bits per heavy atom. The van der Waals surface area contributed by atoms with Crippen molar-refractivity contribution < 1.29 is 4.79 Å². The number of fused-ring (bicyclic) bond motifs is 1. The van der Waals surface area contributed by atoms with Gasteiger partial charge in [-0.3, -0.25) is 9.36 Å². The molecule has 4 aromatic rings. The Bertz CT molecular complexity index is 1390. The zero-order chi connectivity index (χ0) is 23.7. The molecule has 8 heteroatoms. The molecule has 1 fully saturated rings. The molecular weight excluding hydrogens is 444 g/mol. The Morgan fingerprint density at radius 1 is 1.21 bits per heavy atom. The summed E-state index contributed by atoms with van der Waals surface area (Å²) in [6.07, 6.45) is 4.44. The van der Waals surface area contributed by atoms with Gasteiger partial charge in [-0.2, -0.15) is 5.26 Å². The number of para-hydroxylation sites is 1. The van der Waals surface area contributed by atoms with E-state index in [1.54, 1.807) is 4.90 Å². The summed E-state index contributed by atoms with van der Waals surface area (Å²) >= 11 is 1.42. The lowest BCUT2D eigenvalue weighted by Crippen LogP contribution is -2.33. The lowest BCUT2D eigenvalue weighted by Gasteiger charge is -2.22. The molecule has 34 heavy (non-hydrogen) atoms. The maximum absolute atomic E-state index is 13.3. The molecule has 0 bridgehead atoms. The fourth-order valence-electron chi connectivity index (χ4n) is 4.13. The standard InChI is InChI=1S/C26H26N6OS/c1-17-8-9-20(14-18(17)2)31(13-5-12-27)24(33)16-34-26-30-29-25(32(26)19-10-11-19)22-15-28-23-7-4-3-6-21(22)23/h3-4,6-9,14-15,19,28H,5,10-11,13,16H2,1-2H3. The third kappa shape index (κ3) is 4.31. The number of carbonyl (C=O) groups excluding carboxylic acids is 1. The Labute approximate surface area is 202 Å². The zero-order valence-electron chi connectivity index (χ0n) is 19.3. The van der Waals surface area contributed by atoms with Gasteiger partial charge in [0.25, 0.3) is 0 Å². The summed E-state index contributed by atoms with van der Waals surface area (Å²) in [6, 6.07) is 16.7. The van der Waals surface area contributed by atoms with Crippen LogP contribution in [0.25, 0.3) is 22.3 Å². The van der Waals surface area contributed by atoms with Crippen LogP contribution in [0, 0.1) is 25.2 Å². The van der Waals surface area contributed by atoms with Crippen molar-refractivity contribution in [3.05, 3.63) is 59.8 Å². The molecule has 2 aromatic heterocycles. The van der Waals surface area contributed by atoms with Crippen LogP contribution in [0.4, 0.5) is 5.69 Å². The first-order chi connectivity index (χ1) is 16.6. The molecule has 172 valence electrons. The molecule has 1 amide bonds. The number of rotatable bonds is 8. The largest absolute Gasteiger partial charge is 0.360 e. The summed E-state index contributed by atoms with van der Waals surface area (Å²) in [5.74, 6) is 1.03. The fraction of sp³-hybridized carbons (Fsp3) is 0.308. The summed E-state index contributed by atoms with van der Waals surface area (Å²) in [5.41, 5.74) is 5.21. The highest BCUT2D eigenvalue weighted by molar-refractivity contribution is 7.99. The number of amides is 1. The highest BCUT2D eigenvalue weighted by atomic mass is 32.2. The van der Waals surface area contributed by atoms with Crippen LogP contribution in [0.3, 0.4) is 0 Å². The van der Waals surface area contributed by atoms with Crippen LogP contribution in [0.5, 0.6) is 0 Å². The first kappa shape index (κ1) is 22.2. The molecule has 1 N–H and O–H groups in total. The summed E-state index contributed by atoms with van der Waals surface area (Å²) in [5, 5.41) is 20.0. The number of aryl methyl sites for hydroxylation is 2. The number of aromatic nitrogens is 4. The van der Waals surface area contributed by atoms with Crippen molar-refractivity contribution in [2.45, 2.75) is 44.3 Å². The maximum atomic E-state index is 13.3. The third-order valence-electron chi connectivity index (χ3n) is 6.28. The van der Waals surface area contributed by atoms with Gasteiger partial charge in [0.15, 0.2) is 11.0 Å². The van der Waals surface area contributed by atoms with E-state index in [0.717, 1.165) is 51.5 Å². The third-order valence-corrected chi connectivity index (χ3v) is 7.21. The zero-order valence-corrected chi connectivity index (χ0v) is 20.1. The van der Waals surface area contributed by atoms with E-state index in [1.807, 2.05) is 56.4 Å². The van der Waals surface area contributed by atoms with E-state index in [1.165, 1.54) is 17.3 Å². The Balaban J connectivity index is 1.39. The molecular formula is C26H26N6OS. The first-order valence-corrected chi connectivity index (χ1v) is 12.4. The van der Waals surface area contributed by atoms with Gasteiger partial charge >= 0.3 is 0 Å². The minimum atomic E-state index is -0.0394. The number of benzene rings is 2. The van der Waals surface area contributed by atoms with E-state index in [2.05, 4.69) is 31.9 Å². The van der Waals surface area contributed by atoms with Gasteiger partial charge in [-0.1, -0.05) is 36.0 Å². The number of carbonyl (C=O) groups is 1. The van der Waals surface area contributed by atoms with Crippen LogP contribution in [-0.4, -0.2) is 38.0 Å². The second-order valence-electron chi connectivity index (χ2n) is 8.67. The van der Waals surface area contributed by atoms with Gasteiger partial charge in [0, 0.05) is 40.9 Å². The summed E-state index contributed by atoms with van der Waals surface area (Å²) < 4.78 is 2.18. The van der Waals surface area contributed by atoms with E-state index in [0.29, 0.717) is 12.6 Å². The number of anilines is 1. The lowest BCUT2D eigenvalue weighted by atomic mass is 10.1. The van der Waals surface area contributed by atoms with Crippen molar-refractivity contribution in [3.63, 3.8) is 0 Å². The Morgan fingerprint density at radius 2 is 2.03 bits per heavy atom. The minimum absolute atomic E-state index is 0.0394. The average Bonchev–Trinajstić information content (AvgIpc) is 3.45. The average molecular weight is 471 g/mol. The van der Waals surface area contributed by atoms with E-state index in [-0.39, 0.29) is 18.1 Å². The van der Waals surface area contributed by atoms with Crippen molar-refractivity contribution in [1.82, 2.24) is 19.7 Å². The van der Waals surface area contributed by atoms with Crippen molar-refractivity contribution >= 4 is 34.3 Å². The number of nitrogens with zero attached hydrogens (tertiary/aromatic N) is 5. The van der Waals surface area contributed by atoms with E-state index < -0.39 is 0 Å². The van der Waals surface area contributed by atoms with Crippen molar-refractivity contribution in [1.29, 1.82) is 5.26 Å². The second-order valence-corrected chi connectivity index (χ2v) is 9.61. The quantitative estimate of drug-likeness (QED) is 0.347. The highest BCUT2D eigenvalue weighted by Crippen LogP contribution is 2.42. The first-order valence-electron chi connectivity index (χ1n) is 11.5. The Hall–Kier alpha value is -3.57. The number of aromatic amines is 1.